The SMILES string of the molecule is C[C@@H]1CN(C(=O)c2ccc(OCC(F)(F)F)cc2Cl)c2ccccc2CN1C(=O)N1CCC[C@@H]1CO. The van der Waals surface area contributed by atoms with Gasteiger partial charge in [-0.3, -0.25) is 4.79 Å². The molecule has 11 heteroatoms. The number of hydrogen-bond acceptors (Lipinski definition) is 4. The number of alkyl halides is 3. The molecule has 2 heterocycles. The smallest absolute Gasteiger partial charge is 0.422 e. The minimum Gasteiger partial charge on any atom is -0.484 e. The number of urea groups is 1. The maximum Gasteiger partial charge on any atom is 0.422 e. The number of anilines is 1. The van der Waals surface area contributed by atoms with E-state index in [1.54, 1.807) is 21.9 Å². The van der Waals surface area contributed by atoms with Gasteiger partial charge in [0.05, 0.1) is 23.2 Å². The molecule has 7 nitrogen and oxygen atoms in total. The summed E-state index contributed by atoms with van der Waals surface area (Å²) in [5.74, 6) is -0.537. The monoisotopic (exact) mass is 525 g/mol. The third kappa shape index (κ3) is 5.54. The van der Waals surface area contributed by atoms with Crippen molar-refractivity contribution in [3.8, 4) is 5.75 Å². The molecule has 0 spiro atoms. The first-order chi connectivity index (χ1) is 17.1. The quantitative estimate of drug-likeness (QED) is 0.627. The Hall–Kier alpha value is -2.98. The third-order valence-corrected chi connectivity index (χ3v) is 6.81. The van der Waals surface area contributed by atoms with Gasteiger partial charge in [-0.15, -0.1) is 0 Å². The van der Waals surface area contributed by atoms with Crippen molar-refractivity contribution in [2.45, 2.75) is 44.6 Å². The van der Waals surface area contributed by atoms with Gasteiger partial charge >= 0.3 is 12.2 Å². The predicted molar refractivity (Wildman–Crippen MR) is 128 cm³/mol. The Morgan fingerprint density at radius 2 is 1.92 bits per heavy atom. The Morgan fingerprint density at radius 3 is 2.61 bits per heavy atom. The lowest BCUT2D eigenvalue weighted by Crippen LogP contribution is -2.51. The molecule has 36 heavy (non-hydrogen) atoms. The summed E-state index contributed by atoms with van der Waals surface area (Å²) in [5.41, 5.74) is 1.50. The molecule has 0 aliphatic carbocycles. The lowest BCUT2D eigenvalue weighted by Gasteiger charge is -2.34. The third-order valence-electron chi connectivity index (χ3n) is 6.50. The molecule has 2 aliphatic rings. The highest BCUT2D eigenvalue weighted by molar-refractivity contribution is 6.34. The lowest BCUT2D eigenvalue weighted by atomic mass is 10.1. The van der Waals surface area contributed by atoms with Gasteiger partial charge in [0.2, 0.25) is 0 Å². The molecule has 3 amide bonds. The number of likely N-dealkylation sites (tertiary alicyclic amines) is 1. The Kier molecular flexibility index (Phi) is 7.65. The zero-order valence-electron chi connectivity index (χ0n) is 19.7. The number of carbonyl (C=O) groups is 2. The van der Waals surface area contributed by atoms with Crippen LogP contribution in [0, 0.1) is 0 Å². The van der Waals surface area contributed by atoms with Gasteiger partial charge in [0.1, 0.15) is 5.75 Å². The highest BCUT2D eigenvalue weighted by atomic mass is 35.5. The minimum atomic E-state index is -4.50. The largest absolute Gasteiger partial charge is 0.484 e. The number of hydrogen-bond donors (Lipinski definition) is 1. The van der Waals surface area contributed by atoms with Crippen molar-refractivity contribution in [3.05, 3.63) is 58.6 Å². The van der Waals surface area contributed by atoms with Crippen molar-refractivity contribution >= 4 is 29.2 Å². The van der Waals surface area contributed by atoms with Crippen LogP contribution in [0.5, 0.6) is 5.75 Å². The molecular weight excluding hydrogens is 499 g/mol. The molecule has 2 aliphatic heterocycles. The van der Waals surface area contributed by atoms with Crippen molar-refractivity contribution in [1.82, 2.24) is 9.80 Å². The standard InChI is InChI=1S/C25H27ClF3N3O4/c1-16-12-32(23(34)20-9-8-19(11-21(20)26)36-15-25(27,28)29)22-7-3-2-5-17(22)13-31(16)24(35)30-10-4-6-18(30)14-33/h2-3,5,7-9,11,16,18,33H,4,6,10,12-15H2,1H3/t16-,18-/m1/s1. The highest BCUT2D eigenvalue weighted by Crippen LogP contribution is 2.32. The number of rotatable bonds is 4. The molecule has 1 N–H and O–H groups in total. The van der Waals surface area contributed by atoms with E-state index in [1.807, 2.05) is 19.1 Å². The van der Waals surface area contributed by atoms with Gasteiger partial charge in [-0.05, 0) is 49.6 Å². The minimum absolute atomic E-state index is 0.0372. The fraction of sp³-hybridized carbons (Fsp3) is 0.440. The first-order valence-corrected chi connectivity index (χ1v) is 12.0. The topological polar surface area (TPSA) is 73.3 Å². The molecule has 0 bridgehead atoms. The van der Waals surface area contributed by atoms with Crippen LogP contribution in [-0.4, -0.2) is 71.4 Å². The number of aliphatic hydroxyl groups is 1. The number of carbonyl (C=O) groups excluding carboxylic acids is 2. The summed E-state index contributed by atoms with van der Waals surface area (Å²) in [6.07, 6.45) is -2.93. The van der Waals surface area contributed by atoms with E-state index in [1.165, 1.54) is 23.1 Å². The zero-order chi connectivity index (χ0) is 26.0. The molecule has 0 radical (unpaired) electrons. The summed E-state index contributed by atoms with van der Waals surface area (Å²) in [5, 5.41) is 9.64. The molecule has 0 unspecified atom stereocenters. The van der Waals surface area contributed by atoms with Crippen LogP contribution in [0.4, 0.5) is 23.7 Å². The maximum atomic E-state index is 13.6. The average molecular weight is 526 g/mol. The van der Waals surface area contributed by atoms with E-state index in [2.05, 4.69) is 0 Å². The Labute approximate surface area is 212 Å². The van der Waals surface area contributed by atoms with Gasteiger partial charge in [-0.1, -0.05) is 29.8 Å². The van der Waals surface area contributed by atoms with Gasteiger partial charge in [0.15, 0.2) is 6.61 Å². The lowest BCUT2D eigenvalue weighted by molar-refractivity contribution is -0.153. The molecule has 2 atom stereocenters. The molecule has 2 aromatic carbocycles. The second kappa shape index (κ2) is 10.6. The first kappa shape index (κ1) is 26.1. The molecule has 0 saturated carbocycles. The van der Waals surface area contributed by atoms with Gasteiger partial charge in [0, 0.05) is 31.4 Å². The van der Waals surface area contributed by atoms with E-state index in [4.69, 9.17) is 16.3 Å². The van der Waals surface area contributed by atoms with Crippen molar-refractivity contribution in [2.24, 2.45) is 0 Å². The second-order valence-corrected chi connectivity index (χ2v) is 9.43. The maximum absolute atomic E-state index is 13.6. The summed E-state index contributed by atoms with van der Waals surface area (Å²) in [4.78, 5) is 32.0. The van der Waals surface area contributed by atoms with Gasteiger partial charge in [-0.25, -0.2) is 4.79 Å². The fourth-order valence-electron chi connectivity index (χ4n) is 4.67. The number of amides is 3. The van der Waals surface area contributed by atoms with Gasteiger partial charge < -0.3 is 24.5 Å². The van der Waals surface area contributed by atoms with Crippen LogP contribution in [0.1, 0.15) is 35.7 Å². The molecule has 0 aromatic heterocycles. The summed E-state index contributed by atoms with van der Waals surface area (Å²) < 4.78 is 42.2. The first-order valence-electron chi connectivity index (χ1n) is 11.7. The summed E-state index contributed by atoms with van der Waals surface area (Å²) >= 11 is 6.29. The number of halogens is 4. The van der Waals surface area contributed by atoms with Crippen LogP contribution in [-0.2, 0) is 6.54 Å². The van der Waals surface area contributed by atoms with Crippen LogP contribution >= 0.6 is 11.6 Å². The van der Waals surface area contributed by atoms with E-state index in [-0.39, 0.29) is 54.1 Å². The normalized spacial score (nSPS) is 20.2. The Bertz CT molecular complexity index is 1130. The van der Waals surface area contributed by atoms with Crippen molar-refractivity contribution in [1.29, 1.82) is 0 Å². The van der Waals surface area contributed by atoms with Crippen LogP contribution in [0.25, 0.3) is 0 Å². The zero-order valence-corrected chi connectivity index (χ0v) is 20.4. The van der Waals surface area contributed by atoms with Crippen LogP contribution < -0.4 is 9.64 Å². The number of para-hydroxylation sites is 1. The van der Waals surface area contributed by atoms with E-state index < -0.39 is 18.7 Å². The van der Waals surface area contributed by atoms with E-state index in [0.717, 1.165) is 18.4 Å². The van der Waals surface area contributed by atoms with Crippen molar-refractivity contribution < 1.29 is 32.6 Å². The van der Waals surface area contributed by atoms with E-state index in [9.17, 15) is 27.9 Å². The molecule has 194 valence electrons. The Morgan fingerprint density at radius 1 is 1.17 bits per heavy atom. The van der Waals surface area contributed by atoms with Gasteiger partial charge in [0.25, 0.3) is 5.91 Å². The Balaban J connectivity index is 1.60. The highest BCUT2D eigenvalue weighted by Gasteiger charge is 2.37. The molecular formula is C25H27ClF3N3O4. The summed E-state index contributed by atoms with van der Waals surface area (Å²) in [7, 11) is 0. The second-order valence-electron chi connectivity index (χ2n) is 9.02. The molecule has 1 fully saturated rings. The summed E-state index contributed by atoms with van der Waals surface area (Å²) in [6.45, 7) is 1.32. The van der Waals surface area contributed by atoms with Crippen LogP contribution in [0.15, 0.2) is 42.5 Å². The number of nitrogens with zero attached hydrogens (tertiary/aromatic N) is 3. The molecule has 2 aromatic rings. The van der Waals surface area contributed by atoms with E-state index in [0.29, 0.717) is 12.2 Å². The average Bonchev–Trinajstić information content (AvgIpc) is 3.27. The number of fused-ring (bicyclic) bond motifs is 1. The van der Waals surface area contributed by atoms with Crippen molar-refractivity contribution in [3.63, 3.8) is 0 Å². The predicted octanol–water partition coefficient (Wildman–Crippen LogP) is 4.71. The fourth-order valence-corrected chi connectivity index (χ4v) is 4.92. The van der Waals surface area contributed by atoms with Crippen LogP contribution in [0.3, 0.4) is 0 Å². The van der Waals surface area contributed by atoms with Gasteiger partial charge in [-0.2, -0.15) is 13.2 Å². The number of aliphatic hydroxyl groups excluding tert-OH is 1. The summed E-state index contributed by atoms with van der Waals surface area (Å²) in [6, 6.07) is 10.3. The number of benzene rings is 2. The molecule has 1 saturated heterocycles. The van der Waals surface area contributed by atoms with Crippen molar-refractivity contribution in [2.75, 3.05) is 31.2 Å². The van der Waals surface area contributed by atoms with E-state index >= 15 is 0 Å². The molecule has 4 rings (SSSR count). The van der Waals surface area contributed by atoms with Crippen LogP contribution in [0.2, 0.25) is 5.02 Å². The number of ether oxygens (including phenoxy) is 1.